The van der Waals surface area contributed by atoms with Crippen molar-refractivity contribution in [2.75, 3.05) is 46.4 Å². The number of piperidine rings is 2. The van der Waals surface area contributed by atoms with E-state index in [1.165, 1.54) is 0 Å². The number of methoxy groups -OCH3 is 1. The molecule has 27 heavy (non-hydrogen) atoms. The van der Waals surface area contributed by atoms with E-state index in [1.807, 2.05) is 4.90 Å². The lowest BCUT2D eigenvalue weighted by Crippen LogP contribution is -2.51. The third-order valence-corrected chi connectivity index (χ3v) is 5.54. The second-order valence-corrected chi connectivity index (χ2v) is 7.46. The molecule has 0 aromatic carbocycles. The highest BCUT2D eigenvalue weighted by molar-refractivity contribution is 5.92. The summed E-state index contributed by atoms with van der Waals surface area (Å²) in [6.07, 6.45) is 3.85. The number of hydrogen-bond donors (Lipinski definition) is 1. The van der Waals surface area contributed by atoms with Crippen LogP contribution < -0.4 is 5.32 Å². The molecule has 0 spiro atoms. The smallest absolute Gasteiger partial charge is 0.276 e. The second kappa shape index (κ2) is 9.32. The molecule has 0 bridgehead atoms. The van der Waals surface area contributed by atoms with Crippen LogP contribution in [-0.2, 0) is 9.53 Å². The maximum atomic E-state index is 12.5. The zero-order valence-electron chi connectivity index (χ0n) is 16.3. The standard InChI is InChI=1S/C19H30N4O4/c1-14-12-17(21-27-14)19(25)22-9-5-16(6-10-22)23-8-3-4-15(13-23)18(24)20-7-11-26-2/h12,15-16H,3-11,13H2,1-2H3,(H,20,24)/t15-/m1/s1. The summed E-state index contributed by atoms with van der Waals surface area (Å²) in [7, 11) is 1.63. The van der Waals surface area contributed by atoms with E-state index >= 15 is 0 Å². The van der Waals surface area contributed by atoms with Gasteiger partial charge in [-0.25, -0.2) is 0 Å². The first-order valence-electron chi connectivity index (χ1n) is 9.81. The number of rotatable bonds is 6. The Balaban J connectivity index is 1.47. The normalized spacial score (nSPS) is 22.0. The second-order valence-electron chi connectivity index (χ2n) is 7.46. The summed E-state index contributed by atoms with van der Waals surface area (Å²) < 4.78 is 10.0. The molecule has 150 valence electrons. The number of carbonyl (C=O) groups is 2. The Morgan fingerprint density at radius 3 is 2.74 bits per heavy atom. The average molecular weight is 378 g/mol. The third kappa shape index (κ3) is 5.07. The van der Waals surface area contributed by atoms with Gasteiger partial charge in [0.15, 0.2) is 5.69 Å². The van der Waals surface area contributed by atoms with E-state index in [4.69, 9.17) is 9.26 Å². The Kier molecular flexibility index (Phi) is 6.84. The van der Waals surface area contributed by atoms with Gasteiger partial charge in [-0.15, -0.1) is 0 Å². The van der Waals surface area contributed by atoms with Gasteiger partial charge in [0, 0.05) is 45.4 Å². The Hall–Kier alpha value is -1.93. The van der Waals surface area contributed by atoms with Crippen LogP contribution in [0, 0.1) is 12.8 Å². The van der Waals surface area contributed by atoms with Gasteiger partial charge in [0.05, 0.1) is 12.5 Å². The van der Waals surface area contributed by atoms with Crippen molar-refractivity contribution in [3.8, 4) is 0 Å². The van der Waals surface area contributed by atoms with Gasteiger partial charge in [0.2, 0.25) is 5.91 Å². The van der Waals surface area contributed by atoms with Crippen LogP contribution in [0.5, 0.6) is 0 Å². The number of aryl methyl sites for hydroxylation is 1. The minimum Gasteiger partial charge on any atom is -0.383 e. The van der Waals surface area contributed by atoms with Crippen molar-refractivity contribution in [1.29, 1.82) is 0 Å². The Morgan fingerprint density at radius 2 is 2.07 bits per heavy atom. The summed E-state index contributed by atoms with van der Waals surface area (Å²) in [4.78, 5) is 29.1. The summed E-state index contributed by atoms with van der Waals surface area (Å²) in [5.41, 5.74) is 0.386. The minimum absolute atomic E-state index is 0.0494. The summed E-state index contributed by atoms with van der Waals surface area (Å²) in [6.45, 7) is 6.16. The van der Waals surface area contributed by atoms with Crippen LogP contribution in [0.4, 0.5) is 0 Å². The molecule has 8 nitrogen and oxygen atoms in total. The van der Waals surface area contributed by atoms with Crippen LogP contribution in [-0.4, -0.2) is 79.3 Å². The van der Waals surface area contributed by atoms with Gasteiger partial charge >= 0.3 is 0 Å². The molecule has 1 N–H and O–H groups in total. The van der Waals surface area contributed by atoms with E-state index in [-0.39, 0.29) is 17.7 Å². The van der Waals surface area contributed by atoms with Crippen molar-refractivity contribution < 1.29 is 18.8 Å². The number of nitrogens with zero attached hydrogens (tertiary/aromatic N) is 3. The minimum atomic E-state index is -0.0562. The Morgan fingerprint density at radius 1 is 1.30 bits per heavy atom. The first kappa shape index (κ1) is 19.8. The number of aromatic nitrogens is 1. The number of likely N-dealkylation sites (tertiary alicyclic amines) is 2. The van der Waals surface area contributed by atoms with Gasteiger partial charge in [-0.3, -0.25) is 14.5 Å². The summed E-state index contributed by atoms with van der Waals surface area (Å²) in [6, 6.07) is 2.12. The SMILES string of the molecule is COCCNC(=O)[C@@H]1CCCN(C2CCN(C(=O)c3cc(C)on3)CC2)C1. The van der Waals surface area contributed by atoms with Gasteiger partial charge in [0.1, 0.15) is 5.76 Å². The predicted octanol–water partition coefficient (Wildman–Crippen LogP) is 1.06. The number of carbonyl (C=O) groups excluding carboxylic acids is 2. The fourth-order valence-electron chi connectivity index (χ4n) is 4.04. The van der Waals surface area contributed by atoms with E-state index in [2.05, 4.69) is 15.4 Å². The van der Waals surface area contributed by atoms with Crippen molar-refractivity contribution in [3.05, 3.63) is 17.5 Å². The lowest BCUT2D eigenvalue weighted by atomic mass is 9.93. The van der Waals surface area contributed by atoms with Crippen LogP contribution in [0.3, 0.4) is 0 Å². The van der Waals surface area contributed by atoms with Gasteiger partial charge in [-0.2, -0.15) is 0 Å². The molecule has 0 unspecified atom stereocenters. The molecule has 0 saturated carbocycles. The fraction of sp³-hybridized carbons (Fsp3) is 0.737. The van der Waals surface area contributed by atoms with Gasteiger partial charge in [-0.1, -0.05) is 5.16 Å². The maximum Gasteiger partial charge on any atom is 0.276 e. The summed E-state index contributed by atoms with van der Waals surface area (Å²) >= 11 is 0. The van der Waals surface area contributed by atoms with Crippen LogP contribution in [0.1, 0.15) is 41.9 Å². The number of ether oxygens (including phenoxy) is 1. The Labute approximate surface area is 160 Å². The highest BCUT2D eigenvalue weighted by Gasteiger charge is 2.33. The fourth-order valence-corrected chi connectivity index (χ4v) is 4.04. The lowest BCUT2D eigenvalue weighted by molar-refractivity contribution is -0.127. The Bertz CT molecular complexity index is 639. The van der Waals surface area contributed by atoms with Gasteiger partial charge in [-0.05, 0) is 39.2 Å². The molecule has 1 aromatic heterocycles. The van der Waals surface area contributed by atoms with Crippen LogP contribution in [0.2, 0.25) is 0 Å². The van der Waals surface area contributed by atoms with Gasteiger partial charge < -0.3 is 19.5 Å². The highest BCUT2D eigenvalue weighted by Crippen LogP contribution is 2.24. The summed E-state index contributed by atoms with van der Waals surface area (Å²) in [5.74, 6) is 0.773. The monoisotopic (exact) mass is 378 g/mol. The molecule has 2 aliphatic rings. The van der Waals surface area contributed by atoms with Crippen LogP contribution in [0.25, 0.3) is 0 Å². The number of amides is 2. The van der Waals surface area contributed by atoms with Crippen molar-refractivity contribution in [1.82, 2.24) is 20.3 Å². The molecule has 2 saturated heterocycles. The van der Waals surface area contributed by atoms with Crippen LogP contribution >= 0.6 is 0 Å². The third-order valence-electron chi connectivity index (χ3n) is 5.54. The number of nitrogens with one attached hydrogen (secondary N) is 1. The molecular weight excluding hydrogens is 348 g/mol. The first-order valence-corrected chi connectivity index (χ1v) is 9.81. The molecule has 0 aliphatic carbocycles. The maximum absolute atomic E-state index is 12.5. The molecule has 8 heteroatoms. The molecule has 1 aromatic rings. The molecule has 3 heterocycles. The highest BCUT2D eigenvalue weighted by atomic mass is 16.5. The molecule has 2 fully saturated rings. The van der Waals surface area contributed by atoms with Gasteiger partial charge in [0.25, 0.3) is 5.91 Å². The topological polar surface area (TPSA) is 87.9 Å². The van der Waals surface area contributed by atoms with E-state index in [0.29, 0.717) is 30.6 Å². The van der Waals surface area contributed by atoms with E-state index in [0.717, 1.165) is 51.9 Å². The summed E-state index contributed by atoms with van der Waals surface area (Å²) in [5, 5.41) is 6.79. The van der Waals surface area contributed by atoms with Crippen molar-refractivity contribution in [3.63, 3.8) is 0 Å². The average Bonchev–Trinajstić information content (AvgIpc) is 3.14. The van der Waals surface area contributed by atoms with Crippen LogP contribution in [0.15, 0.2) is 10.6 Å². The zero-order chi connectivity index (χ0) is 19.2. The van der Waals surface area contributed by atoms with E-state index in [1.54, 1.807) is 20.1 Å². The molecular formula is C19H30N4O4. The van der Waals surface area contributed by atoms with Crippen molar-refractivity contribution in [2.24, 2.45) is 5.92 Å². The molecule has 2 aliphatic heterocycles. The molecule has 2 amide bonds. The zero-order valence-corrected chi connectivity index (χ0v) is 16.3. The largest absolute Gasteiger partial charge is 0.383 e. The lowest BCUT2D eigenvalue weighted by Gasteiger charge is -2.41. The van der Waals surface area contributed by atoms with E-state index < -0.39 is 0 Å². The first-order chi connectivity index (χ1) is 13.1. The van der Waals surface area contributed by atoms with E-state index in [9.17, 15) is 9.59 Å². The number of hydrogen-bond acceptors (Lipinski definition) is 6. The molecule has 0 radical (unpaired) electrons. The van der Waals surface area contributed by atoms with Crippen molar-refractivity contribution in [2.45, 2.75) is 38.6 Å². The quantitative estimate of drug-likeness (QED) is 0.745. The predicted molar refractivity (Wildman–Crippen MR) is 99.3 cm³/mol. The van der Waals surface area contributed by atoms with Crippen molar-refractivity contribution >= 4 is 11.8 Å². The molecule has 1 atom stereocenters. The molecule has 3 rings (SSSR count).